The lowest BCUT2D eigenvalue weighted by Crippen LogP contribution is -2.32. The number of benzene rings is 3. The van der Waals surface area contributed by atoms with Crippen LogP contribution in [0.4, 0.5) is 11.4 Å². The number of carbonyl (C=O) groups excluding carboxylic acids is 2. The van der Waals surface area contributed by atoms with E-state index in [9.17, 15) is 26.4 Å². The van der Waals surface area contributed by atoms with Crippen LogP contribution in [0.1, 0.15) is 17.3 Å². The van der Waals surface area contributed by atoms with Gasteiger partial charge in [-0.05, 0) is 61.5 Å². The molecule has 3 rings (SSSR count). The summed E-state index contributed by atoms with van der Waals surface area (Å²) in [6, 6.07) is 16.9. The molecule has 0 aromatic heterocycles. The average Bonchev–Trinajstić information content (AvgIpc) is 2.91. The van der Waals surface area contributed by atoms with E-state index in [1.165, 1.54) is 62.6 Å². The number of hydrogen-bond donors (Lipinski definition) is 2. The van der Waals surface area contributed by atoms with Crippen molar-refractivity contribution in [2.45, 2.75) is 22.8 Å². The van der Waals surface area contributed by atoms with Crippen molar-refractivity contribution >= 4 is 43.3 Å². The summed E-state index contributed by atoms with van der Waals surface area (Å²) < 4.78 is 61.5. The summed E-state index contributed by atoms with van der Waals surface area (Å²) in [6.07, 6.45) is 0.159. The van der Waals surface area contributed by atoms with Gasteiger partial charge in [-0.1, -0.05) is 24.3 Å². The first-order valence-corrected chi connectivity index (χ1v) is 14.4. The first kappa shape index (κ1) is 29.4. The van der Waals surface area contributed by atoms with E-state index in [0.717, 1.165) is 10.4 Å². The van der Waals surface area contributed by atoms with Gasteiger partial charge in [-0.15, -0.1) is 6.58 Å². The lowest BCUT2D eigenvalue weighted by molar-refractivity contribution is -0.123. The van der Waals surface area contributed by atoms with Gasteiger partial charge in [0.05, 0.1) is 34.7 Å². The number of carbonyl (C=O) groups is 2. The Kier molecular flexibility index (Phi) is 9.11. The van der Waals surface area contributed by atoms with Gasteiger partial charge in [0.15, 0.2) is 6.10 Å². The Morgan fingerprint density at radius 1 is 1.00 bits per heavy atom. The third-order valence-electron chi connectivity index (χ3n) is 5.41. The molecule has 0 aliphatic carbocycles. The molecule has 39 heavy (non-hydrogen) atoms. The molecule has 3 N–H and O–H groups in total. The predicted octanol–water partition coefficient (Wildman–Crippen LogP) is 2.91. The molecule has 13 heteroatoms. The maximum Gasteiger partial charge on any atom is 0.338 e. The van der Waals surface area contributed by atoms with E-state index < -0.39 is 38.0 Å². The number of para-hydroxylation sites is 2. The zero-order chi connectivity index (χ0) is 28.8. The van der Waals surface area contributed by atoms with Gasteiger partial charge in [0.1, 0.15) is 5.75 Å². The lowest BCUT2D eigenvalue weighted by atomic mass is 10.2. The van der Waals surface area contributed by atoms with E-state index in [2.05, 4.69) is 11.9 Å². The molecule has 11 nitrogen and oxygen atoms in total. The SMILES string of the molecule is C=CCN(c1ccccc1OC)S(=O)(=O)c1cccc(C(=O)O[C@@H](C)C(=O)Nc2ccc(S(N)(=O)=O)cc2)c1. The molecule has 0 saturated heterocycles. The van der Waals surface area contributed by atoms with Gasteiger partial charge >= 0.3 is 5.97 Å². The first-order chi connectivity index (χ1) is 18.4. The van der Waals surface area contributed by atoms with Crippen LogP contribution in [0, 0.1) is 0 Å². The minimum atomic E-state index is -4.16. The number of hydrogen-bond acceptors (Lipinski definition) is 8. The summed E-state index contributed by atoms with van der Waals surface area (Å²) in [5, 5.41) is 7.55. The summed E-state index contributed by atoms with van der Waals surface area (Å²) in [5.41, 5.74) is 0.448. The molecule has 206 valence electrons. The summed E-state index contributed by atoms with van der Waals surface area (Å²) in [4.78, 5) is 25.0. The molecule has 0 heterocycles. The highest BCUT2D eigenvalue weighted by Gasteiger charge is 2.28. The van der Waals surface area contributed by atoms with E-state index in [-0.39, 0.29) is 33.3 Å². The lowest BCUT2D eigenvalue weighted by Gasteiger charge is -2.25. The molecule has 0 saturated carbocycles. The molecule has 0 aliphatic heterocycles. The van der Waals surface area contributed by atoms with Crippen molar-refractivity contribution in [2.24, 2.45) is 5.14 Å². The third-order valence-corrected chi connectivity index (χ3v) is 8.11. The van der Waals surface area contributed by atoms with Gasteiger partial charge in [0, 0.05) is 5.69 Å². The Balaban J connectivity index is 1.78. The Morgan fingerprint density at radius 3 is 2.28 bits per heavy atom. The molecule has 0 fully saturated rings. The van der Waals surface area contributed by atoms with Crippen LogP contribution in [-0.2, 0) is 29.6 Å². The fraction of sp³-hybridized carbons (Fsp3) is 0.154. The minimum Gasteiger partial charge on any atom is -0.495 e. The van der Waals surface area contributed by atoms with E-state index in [1.807, 2.05) is 0 Å². The van der Waals surface area contributed by atoms with Crippen LogP contribution in [-0.4, -0.2) is 48.5 Å². The number of methoxy groups -OCH3 is 1. The van der Waals surface area contributed by atoms with Crippen LogP contribution in [0.5, 0.6) is 5.75 Å². The van der Waals surface area contributed by atoms with Gasteiger partial charge in [0.2, 0.25) is 10.0 Å². The number of ether oxygens (including phenoxy) is 2. The fourth-order valence-electron chi connectivity index (χ4n) is 3.44. The quantitative estimate of drug-likeness (QED) is 0.261. The van der Waals surface area contributed by atoms with Gasteiger partial charge < -0.3 is 14.8 Å². The maximum atomic E-state index is 13.5. The van der Waals surface area contributed by atoms with E-state index in [0.29, 0.717) is 5.75 Å². The van der Waals surface area contributed by atoms with Crippen molar-refractivity contribution in [1.82, 2.24) is 0 Å². The molecular formula is C26H27N3O8S2. The summed E-state index contributed by atoms with van der Waals surface area (Å²) in [5.74, 6) is -1.28. The molecule has 0 radical (unpaired) electrons. The highest BCUT2D eigenvalue weighted by molar-refractivity contribution is 7.92. The Bertz CT molecular complexity index is 1590. The second-order valence-electron chi connectivity index (χ2n) is 8.13. The van der Waals surface area contributed by atoms with Crippen LogP contribution in [0.25, 0.3) is 0 Å². The number of nitrogens with zero attached hydrogens (tertiary/aromatic N) is 1. The molecule has 0 unspecified atom stereocenters. The van der Waals surface area contributed by atoms with Crippen molar-refractivity contribution in [3.8, 4) is 5.75 Å². The Labute approximate surface area is 226 Å². The van der Waals surface area contributed by atoms with Crippen LogP contribution >= 0.6 is 0 Å². The minimum absolute atomic E-state index is 0.0627. The van der Waals surface area contributed by atoms with Crippen LogP contribution in [0.3, 0.4) is 0 Å². The number of nitrogens with two attached hydrogens (primary N) is 1. The van der Waals surface area contributed by atoms with Gasteiger partial charge in [-0.3, -0.25) is 9.10 Å². The van der Waals surface area contributed by atoms with E-state index in [4.69, 9.17) is 14.6 Å². The number of amides is 1. The molecular weight excluding hydrogens is 546 g/mol. The number of sulfonamides is 2. The maximum absolute atomic E-state index is 13.5. The predicted molar refractivity (Wildman–Crippen MR) is 145 cm³/mol. The van der Waals surface area contributed by atoms with E-state index in [1.54, 1.807) is 24.3 Å². The van der Waals surface area contributed by atoms with Gasteiger partial charge in [-0.2, -0.15) is 0 Å². The van der Waals surface area contributed by atoms with Crippen LogP contribution in [0.2, 0.25) is 0 Å². The molecule has 3 aromatic carbocycles. The zero-order valence-electron chi connectivity index (χ0n) is 21.1. The van der Waals surface area contributed by atoms with Crippen molar-refractivity contribution in [3.05, 3.63) is 91.0 Å². The number of anilines is 2. The Hall–Kier alpha value is -4.20. The Morgan fingerprint density at radius 2 is 1.67 bits per heavy atom. The number of primary sulfonamides is 1. The number of rotatable bonds is 11. The summed E-state index contributed by atoms with van der Waals surface area (Å²) in [7, 11) is -6.63. The zero-order valence-corrected chi connectivity index (χ0v) is 22.7. The first-order valence-electron chi connectivity index (χ1n) is 11.4. The van der Waals surface area contributed by atoms with Gasteiger partial charge in [-0.25, -0.2) is 26.8 Å². The van der Waals surface area contributed by atoms with Crippen molar-refractivity contribution < 1.29 is 35.9 Å². The number of nitrogens with one attached hydrogen (secondary N) is 1. The molecule has 0 spiro atoms. The third kappa shape index (κ3) is 7.02. The molecule has 1 atom stereocenters. The van der Waals surface area contributed by atoms with Crippen LogP contribution in [0.15, 0.2) is 95.2 Å². The average molecular weight is 574 g/mol. The molecule has 1 amide bonds. The molecule has 3 aromatic rings. The monoisotopic (exact) mass is 573 g/mol. The summed E-state index contributed by atoms with van der Waals surface area (Å²) >= 11 is 0. The largest absolute Gasteiger partial charge is 0.495 e. The van der Waals surface area contributed by atoms with Crippen molar-refractivity contribution in [2.75, 3.05) is 23.3 Å². The summed E-state index contributed by atoms with van der Waals surface area (Å²) in [6.45, 7) is 4.91. The fourth-order valence-corrected chi connectivity index (χ4v) is 5.45. The second kappa shape index (κ2) is 12.1. The highest BCUT2D eigenvalue weighted by atomic mass is 32.2. The van der Waals surface area contributed by atoms with Crippen molar-refractivity contribution in [1.29, 1.82) is 0 Å². The van der Waals surface area contributed by atoms with Crippen LogP contribution < -0.4 is 19.5 Å². The van der Waals surface area contributed by atoms with Gasteiger partial charge in [0.25, 0.3) is 15.9 Å². The normalized spacial score (nSPS) is 12.2. The topological polar surface area (TPSA) is 162 Å². The van der Waals surface area contributed by atoms with E-state index >= 15 is 0 Å². The highest BCUT2D eigenvalue weighted by Crippen LogP contribution is 2.32. The second-order valence-corrected chi connectivity index (χ2v) is 11.6. The smallest absolute Gasteiger partial charge is 0.338 e. The molecule has 0 aliphatic rings. The standard InChI is InChI=1S/C26H27N3O8S2/c1-4-16-29(23-10-5-6-11-24(23)36-3)39(34,35)22-9-7-8-19(17-22)26(31)37-18(2)25(30)28-20-12-14-21(15-13-20)38(27,32)33/h4-15,17-18H,1,16H2,2-3H3,(H,28,30)(H2,27,32,33)/t18-/m0/s1. The molecule has 0 bridgehead atoms. The number of esters is 1. The van der Waals surface area contributed by atoms with Crippen molar-refractivity contribution in [3.63, 3.8) is 0 Å².